The monoisotopic (exact) mass is 310 g/mol. The normalized spacial score (nSPS) is 23.0. The van der Waals surface area contributed by atoms with Crippen molar-refractivity contribution in [1.29, 1.82) is 0 Å². The van der Waals surface area contributed by atoms with Gasteiger partial charge in [-0.05, 0) is 45.4 Å². The van der Waals surface area contributed by atoms with Gasteiger partial charge in [0.15, 0.2) is 0 Å². The van der Waals surface area contributed by atoms with Gasteiger partial charge < -0.3 is 15.4 Å². The molecule has 0 aromatic heterocycles. The van der Waals surface area contributed by atoms with Gasteiger partial charge in [-0.3, -0.25) is 0 Å². The van der Waals surface area contributed by atoms with Crippen molar-refractivity contribution in [3.63, 3.8) is 0 Å². The van der Waals surface area contributed by atoms with Gasteiger partial charge in [0, 0.05) is 19.1 Å². The first-order valence-corrected chi connectivity index (χ1v) is 8.63. The van der Waals surface area contributed by atoms with Crippen molar-refractivity contribution >= 4 is 6.09 Å². The van der Waals surface area contributed by atoms with Gasteiger partial charge >= 0.3 is 6.09 Å². The molecule has 1 rings (SSSR count). The maximum absolute atomic E-state index is 11.5. The lowest BCUT2D eigenvalue weighted by Crippen LogP contribution is -2.35. The number of ether oxygens (including phenoxy) is 1. The van der Waals surface area contributed by atoms with Crippen LogP contribution in [0.3, 0.4) is 0 Å². The Morgan fingerprint density at radius 2 is 1.91 bits per heavy atom. The van der Waals surface area contributed by atoms with Crippen molar-refractivity contribution < 1.29 is 9.53 Å². The molecule has 22 heavy (non-hydrogen) atoms. The molecule has 0 radical (unpaired) electrons. The Bertz CT molecular complexity index is 359. The second-order valence-corrected chi connectivity index (χ2v) is 7.63. The molecule has 1 aliphatic rings. The molecule has 4 nitrogen and oxygen atoms in total. The summed E-state index contributed by atoms with van der Waals surface area (Å²) in [6.45, 7) is 11.6. The highest BCUT2D eigenvalue weighted by Gasteiger charge is 2.23. The largest absolute Gasteiger partial charge is 0.444 e. The summed E-state index contributed by atoms with van der Waals surface area (Å²) in [6, 6.07) is 0.643. The molecule has 2 atom stereocenters. The van der Waals surface area contributed by atoms with Gasteiger partial charge in [0.25, 0.3) is 0 Å². The van der Waals surface area contributed by atoms with Crippen LogP contribution in [-0.2, 0) is 4.74 Å². The molecule has 1 aliphatic carbocycles. The van der Waals surface area contributed by atoms with Crippen LogP contribution >= 0.6 is 0 Å². The van der Waals surface area contributed by atoms with Crippen LogP contribution < -0.4 is 10.6 Å². The molecule has 0 bridgehead atoms. The Morgan fingerprint density at radius 1 is 1.23 bits per heavy atom. The van der Waals surface area contributed by atoms with E-state index < -0.39 is 5.60 Å². The average molecular weight is 310 g/mol. The Labute approximate surface area is 136 Å². The second-order valence-electron chi connectivity index (χ2n) is 7.63. The summed E-state index contributed by atoms with van der Waals surface area (Å²) in [5, 5.41) is 6.33. The van der Waals surface area contributed by atoms with Gasteiger partial charge in [-0.2, -0.15) is 0 Å². The lowest BCUT2D eigenvalue weighted by Gasteiger charge is -2.32. The van der Waals surface area contributed by atoms with E-state index in [9.17, 15) is 4.79 Å². The third-order valence-corrected chi connectivity index (χ3v) is 4.11. The van der Waals surface area contributed by atoms with E-state index >= 15 is 0 Å². The third kappa shape index (κ3) is 8.42. The SMILES string of the molecule is CC(C)C1CCCC(NC/C=C/CNC(=O)OC(C)(C)C)C1. The summed E-state index contributed by atoms with van der Waals surface area (Å²) in [7, 11) is 0. The van der Waals surface area contributed by atoms with Crippen LogP contribution in [0.1, 0.15) is 60.3 Å². The van der Waals surface area contributed by atoms with Crippen molar-refractivity contribution in [3.05, 3.63) is 12.2 Å². The van der Waals surface area contributed by atoms with E-state index in [-0.39, 0.29) is 6.09 Å². The summed E-state index contributed by atoms with van der Waals surface area (Å²) in [4.78, 5) is 11.5. The first-order valence-electron chi connectivity index (χ1n) is 8.63. The zero-order valence-corrected chi connectivity index (χ0v) is 14.9. The maximum Gasteiger partial charge on any atom is 0.407 e. The smallest absolute Gasteiger partial charge is 0.407 e. The highest BCUT2D eigenvalue weighted by atomic mass is 16.6. The molecule has 0 heterocycles. The molecule has 0 aromatic rings. The number of carbonyl (C=O) groups is 1. The molecule has 128 valence electrons. The number of alkyl carbamates (subject to hydrolysis) is 1. The Hall–Kier alpha value is -1.03. The topological polar surface area (TPSA) is 50.4 Å². The van der Waals surface area contributed by atoms with Crippen LogP contribution in [0.5, 0.6) is 0 Å². The van der Waals surface area contributed by atoms with Crippen molar-refractivity contribution in [1.82, 2.24) is 10.6 Å². The zero-order chi connectivity index (χ0) is 16.6. The zero-order valence-electron chi connectivity index (χ0n) is 14.9. The van der Waals surface area contributed by atoms with Gasteiger partial charge in [0.2, 0.25) is 0 Å². The molecule has 1 fully saturated rings. The number of rotatable bonds is 6. The van der Waals surface area contributed by atoms with E-state index in [1.54, 1.807) is 0 Å². The predicted octanol–water partition coefficient (Wildman–Crippen LogP) is 3.87. The van der Waals surface area contributed by atoms with Crippen LogP contribution in [0.2, 0.25) is 0 Å². The number of nitrogens with one attached hydrogen (secondary N) is 2. The highest BCUT2D eigenvalue weighted by molar-refractivity contribution is 5.67. The van der Waals surface area contributed by atoms with Gasteiger partial charge in [-0.15, -0.1) is 0 Å². The number of hydrogen-bond donors (Lipinski definition) is 2. The first-order chi connectivity index (χ1) is 10.3. The summed E-state index contributed by atoms with van der Waals surface area (Å²) in [6.07, 6.45) is 8.98. The van der Waals surface area contributed by atoms with Crippen molar-refractivity contribution in [2.75, 3.05) is 13.1 Å². The summed E-state index contributed by atoms with van der Waals surface area (Å²) < 4.78 is 5.17. The Kier molecular flexibility index (Phi) is 7.94. The lowest BCUT2D eigenvalue weighted by molar-refractivity contribution is 0.0534. The summed E-state index contributed by atoms with van der Waals surface area (Å²) in [5.74, 6) is 1.65. The predicted molar refractivity (Wildman–Crippen MR) is 92.0 cm³/mol. The van der Waals surface area contributed by atoms with Gasteiger partial charge in [-0.25, -0.2) is 4.79 Å². The quantitative estimate of drug-likeness (QED) is 0.732. The van der Waals surface area contributed by atoms with Crippen molar-refractivity contribution in [2.24, 2.45) is 11.8 Å². The minimum absolute atomic E-state index is 0.364. The summed E-state index contributed by atoms with van der Waals surface area (Å²) >= 11 is 0. The van der Waals surface area contributed by atoms with Crippen LogP contribution in [0.25, 0.3) is 0 Å². The van der Waals surface area contributed by atoms with Crippen LogP contribution in [0.15, 0.2) is 12.2 Å². The third-order valence-electron chi connectivity index (χ3n) is 4.11. The Morgan fingerprint density at radius 3 is 2.55 bits per heavy atom. The van der Waals surface area contributed by atoms with E-state index in [1.807, 2.05) is 26.8 Å². The lowest BCUT2D eigenvalue weighted by atomic mass is 9.79. The number of hydrogen-bond acceptors (Lipinski definition) is 3. The average Bonchev–Trinajstić information content (AvgIpc) is 2.41. The highest BCUT2D eigenvalue weighted by Crippen LogP contribution is 2.29. The maximum atomic E-state index is 11.5. The summed E-state index contributed by atoms with van der Waals surface area (Å²) in [5.41, 5.74) is -0.441. The number of amides is 1. The minimum Gasteiger partial charge on any atom is -0.444 e. The van der Waals surface area contributed by atoms with E-state index in [0.717, 1.165) is 18.4 Å². The fourth-order valence-corrected chi connectivity index (χ4v) is 2.88. The molecule has 0 saturated heterocycles. The van der Waals surface area contributed by atoms with Crippen molar-refractivity contribution in [2.45, 2.75) is 71.9 Å². The van der Waals surface area contributed by atoms with Crippen LogP contribution in [0.4, 0.5) is 4.79 Å². The molecule has 0 aliphatic heterocycles. The van der Waals surface area contributed by atoms with E-state index in [4.69, 9.17) is 4.74 Å². The first kappa shape index (κ1) is 19.0. The Balaban J connectivity index is 2.12. The fourth-order valence-electron chi connectivity index (χ4n) is 2.88. The molecule has 2 N–H and O–H groups in total. The van der Waals surface area contributed by atoms with Crippen LogP contribution in [0, 0.1) is 11.8 Å². The molecular weight excluding hydrogens is 276 g/mol. The number of carbonyl (C=O) groups excluding carboxylic acids is 1. The second kappa shape index (κ2) is 9.19. The fraction of sp³-hybridized carbons (Fsp3) is 0.833. The van der Waals surface area contributed by atoms with Crippen molar-refractivity contribution in [3.8, 4) is 0 Å². The molecule has 0 aromatic carbocycles. The minimum atomic E-state index is -0.441. The standard InChI is InChI=1S/C18H34N2O2/c1-14(2)15-9-8-10-16(13-15)19-11-6-7-12-20-17(21)22-18(3,4)5/h6-7,14-16,19H,8-13H2,1-5H3,(H,20,21)/b7-6+. The van der Waals surface area contributed by atoms with Gasteiger partial charge in [-0.1, -0.05) is 38.8 Å². The molecule has 0 spiro atoms. The van der Waals surface area contributed by atoms with E-state index in [1.165, 1.54) is 25.7 Å². The molecular formula is C18H34N2O2. The van der Waals surface area contributed by atoms with Gasteiger partial charge in [0.05, 0.1) is 0 Å². The van der Waals surface area contributed by atoms with Gasteiger partial charge in [0.1, 0.15) is 5.60 Å². The van der Waals surface area contributed by atoms with E-state index in [0.29, 0.717) is 12.6 Å². The molecule has 2 unspecified atom stereocenters. The molecule has 4 heteroatoms. The molecule has 1 saturated carbocycles. The van der Waals surface area contributed by atoms with E-state index in [2.05, 4.69) is 30.6 Å². The van der Waals surface area contributed by atoms with Crippen LogP contribution in [-0.4, -0.2) is 30.8 Å². The molecule has 1 amide bonds.